The van der Waals surface area contributed by atoms with Gasteiger partial charge in [-0.1, -0.05) is 40.0 Å². The number of nitrogens with zero attached hydrogens (tertiary/aromatic N) is 1. The van der Waals surface area contributed by atoms with Crippen LogP contribution < -0.4 is 0 Å². The van der Waals surface area contributed by atoms with E-state index in [1.54, 1.807) is 0 Å². The molecule has 0 saturated carbocycles. The minimum Gasteiger partial charge on any atom is -0.250 e. The molecule has 0 aromatic rings. The Morgan fingerprint density at radius 2 is 1.82 bits per heavy atom. The Morgan fingerprint density at radius 3 is 2.18 bits per heavy atom. The summed E-state index contributed by atoms with van der Waals surface area (Å²) in [5.74, 6) is 0. The first kappa shape index (κ1) is 11.3. The van der Waals surface area contributed by atoms with E-state index in [1.807, 2.05) is 0 Å². The van der Waals surface area contributed by atoms with Gasteiger partial charge in [0.25, 0.3) is 0 Å². The molecule has 0 heterocycles. The van der Waals surface area contributed by atoms with E-state index in [4.69, 9.17) is 0 Å². The summed E-state index contributed by atoms with van der Waals surface area (Å²) in [7, 11) is 0. The van der Waals surface area contributed by atoms with Crippen molar-refractivity contribution >= 4 is 12.8 Å². The molecule has 1 nitrogen and oxygen atoms in total. The molecule has 0 aliphatic rings. The zero-order valence-electron chi connectivity index (χ0n) is 8.01. The lowest BCUT2D eigenvalue weighted by Crippen LogP contribution is -2.27. The zero-order chi connectivity index (χ0) is 8.69. The van der Waals surface area contributed by atoms with Crippen LogP contribution in [0.25, 0.3) is 0 Å². The Balaban J connectivity index is 3.61. The number of hydrogen-bond donors (Lipinski definition) is 1. The van der Waals surface area contributed by atoms with E-state index in [1.165, 1.54) is 25.7 Å². The van der Waals surface area contributed by atoms with Gasteiger partial charge in [-0.3, -0.25) is 4.31 Å². The first-order valence-corrected chi connectivity index (χ1v) is 5.11. The third kappa shape index (κ3) is 4.70. The average molecular weight is 175 g/mol. The summed E-state index contributed by atoms with van der Waals surface area (Å²) in [6.45, 7) is 7.78. The molecule has 0 amide bonds. The van der Waals surface area contributed by atoms with Crippen molar-refractivity contribution in [2.24, 2.45) is 0 Å². The van der Waals surface area contributed by atoms with Crippen molar-refractivity contribution in [1.29, 1.82) is 0 Å². The maximum atomic E-state index is 4.45. The highest BCUT2D eigenvalue weighted by atomic mass is 32.1. The molecule has 1 atom stereocenters. The maximum Gasteiger partial charge on any atom is 0.0197 e. The van der Waals surface area contributed by atoms with Gasteiger partial charge in [-0.15, -0.1) is 0 Å². The van der Waals surface area contributed by atoms with Crippen molar-refractivity contribution in [1.82, 2.24) is 4.31 Å². The molecule has 0 saturated heterocycles. The Labute approximate surface area is 76.7 Å². The van der Waals surface area contributed by atoms with E-state index in [0.29, 0.717) is 6.04 Å². The summed E-state index contributed by atoms with van der Waals surface area (Å²) in [5.41, 5.74) is 0. The van der Waals surface area contributed by atoms with Gasteiger partial charge in [0.2, 0.25) is 0 Å². The summed E-state index contributed by atoms with van der Waals surface area (Å²) < 4.78 is 2.18. The molecule has 0 aromatic carbocycles. The van der Waals surface area contributed by atoms with Crippen molar-refractivity contribution < 1.29 is 0 Å². The van der Waals surface area contributed by atoms with Gasteiger partial charge >= 0.3 is 0 Å². The molecule has 68 valence electrons. The van der Waals surface area contributed by atoms with Gasteiger partial charge < -0.3 is 0 Å². The smallest absolute Gasteiger partial charge is 0.0197 e. The largest absolute Gasteiger partial charge is 0.250 e. The van der Waals surface area contributed by atoms with Crippen LogP contribution in [-0.2, 0) is 0 Å². The van der Waals surface area contributed by atoms with Crippen LogP contribution in [-0.4, -0.2) is 16.9 Å². The fourth-order valence-corrected chi connectivity index (χ4v) is 1.79. The second-order valence-electron chi connectivity index (χ2n) is 3.01. The zero-order valence-corrected chi connectivity index (χ0v) is 8.90. The maximum absolute atomic E-state index is 4.45. The lowest BCUT2D eigenvalue weighted by atomic mass is 10.1. The van der Waals surface area contributed by atoms with Gasteiger partial charge in [0.15, 0.2) is 0 Å². The molecule has 2 heteroatoms. The van der Waals surface area contributed by atoms with Crippen molar-refractivity contribution in [3.63, 3.8) is 0 Å². The van der Waals surface area contributed by atoms with Crippen LogP contribution in [0, 0.1) is 0 Å². The first-order chi connectivity index (χ1) is 5.26. The quantitative estimate of drug-likeness (QED) is 0.607. The van der Waals surface area contributed by atoms with Gasteiger partial charge in [0.05, 0.1) is 0 Å². The van der Waals surface area contributed by atoms with E-state index in [-0.39, 0.29) is 0 Å². The molecule has 0 fully saturated rings. The summed E-state index contributed by atoms with van der Waals surface area (Å²) in [5, 5.41) is 0. The predicted molar refractivity (Wildman–Crippen MR) is 55.0 cm³/mol. The number of rotatable bonds is 6. The topological polar surface area (TPSA) is 3.24 Å². The SMILES string of the molecule is CCCC(CC)N(S)CCC. The second kappa shape index (κ2) is 6.99. The van der Waals surface area contributed by atoms with Gasteiger partial charge in [-0.2, -0.15) is 0 Å². The fraction of sp³-hybridized carbons (Fsp3) is 1.00. The summed E-state index contributed by atoms with van der Waals surface area (Å²) >= 11 is 4.45. The minimum atomic E-state index is 0.684. The van der Waals surface area contributed by atoms with Gasteiger partial charge in [0, 0.05) is 12.6 Å². The molecule has 0 bridgehead atoms. The average Bonchev–Trinajstić information content (AvgIpc) is 2.00. The molecule has 0 aromatic heterocycles. The minimum absolute atomic E-state index is 0.684. The Bertz CT molecular complexity index is 85.6. The van der Waals surface area contributed by atoms with Crippen molar-refractivity contribution in [3.05, 3.63) is 0 Å². The first-order valence-electron chi connectivity index (χ1n) is 4.71. The highest BCUT2D eigenvalue weighted by Gasteiger charge is 2.10. The van der Waals surface area contributed by atoms with Crippen LogP contribution in [0.3, 0.4) is 0 Å². The van der Waals surface area contributed by atoms with Crippen molar-refractivity contribution in [3.8, 4) is 0 Å². The van der Waals surface area contributed by atoms with Crippen LogP contribution >= 0.6 is 12.8 Å². The van der Waals surface area contributed by atoms with Gasteiger partial charge in [-0.25, -0.2) is 0 Å². The number of thiol groups is 1. The monoisotopic (exact) mass is 175 g/mol. The molecule has 0 aliphatic carbocycles. The highest BCUT2D eigenvalue weighted by molar-refractivity contribution is 7.77. The molecular weight excluding hydrogens is 154 g/mol. The normalized spacial score (nSPS) is 13.9. The van der Waals surface area contributed by atoms with E-state index in [2.05, 4.69) is 37.9 Å². The molecule has 0 spiro atoms. The Morgan fingerprint density at radius 1 is 1.18 bits per heavy atom. The Hall–Kier alpha value is 0.310. The third-order valence-corrected chi connectivity index (χ3v) is 2.49. The molecule has 0 N–H and O–H groups in total. The third-order valence-electron chi connectivity index (χ3n) is 1.97. The number of hydrogen-bond acceptors (Lipinski definition) is 2. The summed E-state index contributed by atoms with van der Waals surface area (Å²) in [6.07, 6.45) is 4.96. The standard InChI is InChI=1S/C9H21NS/c1-4-7-9(6-3)10(11)8-5-2/h9,11H,4-8H2,1-3H3. The lowest BCUT2D eigenvalue weighted by molar-refractivity contribution is 0.326. The molecule has 0 radical (unpaired) electrons. The van der Waals surface area contributed by atoms with Crippen LogP contribution in [0.5, 0.6) is 0 Å². The molecule has 0 rings (SSSR count). The summed E-state index contributed by atoms with van der Waals surface area (Å²) in [6, 6.07) is 0.684. The highest BCUT2D eigenvalue weighted by Crippen LogP contribution is 2.13. The van der Waals surface area contributed by atoms with E-state index in [9.17, 15) is 0 Å². The van der Waals surface area contributed by atoms with Crippen molar-refractivity contribution in [2.75, 3.05) is 6.54 Å². The molecular formula is C9H21NS. The predicted octanol–water partition coefficient (Wildman–Crippen LogP) is 3.12. The van der Waals surface area contributed by atoms with Gasteiger partial charge in [0.1, 0.15) is 0 Å². The molecule has 0 aliphatic heterocycles. The van der Waals surface area contributed by atoms with Crippen LogP contribution in [0.2, 0.25) is 0 Å². The lowest BCUT2D eigenvalue weighted by Gasteiger charge is -2.24. The van der Waals surface area contributed by atoms with E-state index < -0.39 is 0 Å². The van der Waals surface area contributed by atoms with Gasteiger partial charge in [-0.05, 0) is 19.3 Å². The van der Waals surface area contributed by atoms with Crippen LogP contribution in [0.1, 0.15) is 46.5 Å². The van der Waals surface area contributed by atoms with E-state index in [0.717, 1.165) is 6.54 Å². The summed E-state index contributed by atoms with van der Waals surface area (Å²) in [4.78, 5) is 0. The molecule has 11 heavy (non-hydrogen) atoms. The second-order valence-corrected chi connectivity index (χ2v) is 3.53. The Kier molecular flexibility index (Phi) is 7.18. The van der Waals surface area contributed by atoms with E-state index >= 15 is 0 Å². The van der Waals surface area contributed by atoms with Crippen molar-refractivity contribution in [2.45, 2.75) is 52.5 Å². The van der Waals surface area contributed by atoms with Crippen LogP contribution in [0.15, 0.2) is 0 Å². The fourth-order valence-electron chi connectivity index (χ4n) is 1.31. The van der Waals surface area contributed by atoms with Crippen LogP contribution in [0.4, 0.5) is 0 Å². The molecule has 1 unspecified atom stereocenters.